The van der Waals surface area contributed by atoms with Crippen molar-refractivity contribution in [3.63, 3.8) is 0 Å². The van der Waals surface area contributed by atoms with Crippen molar-refractivity contribution in [3.05, 3.63) is 40.8 Å². The third-order valence-electron chi connectivity index (χ3n) is 2.16. The van der Waals surface area contributed by atoms with E-state index in [0.29, 0.717) is 6.54 Å². The Morgan fingerprint density at radius 2 is 2.00 bits per heavy atom. The Hall–Kier alpha value is -1.20. The molecule has 0 aliphatic carbocycles. The van der Waals surface area contributed by atoms with E-state index in [9.17, 15) is 4.39 Å². The molecule has 2 aromatic rings. The van der Waals surface area contributed by atoms with Crippen molar-refractivity contribution in [2.75, 3.05) is 6.61 Å². The van der Waals surface area contributed by atoms with Gasteiger partial charge < -0.3 is 5.11 Å². The molecule has 1 heterocycles. The summed E-state index contributed by atoms with van der Waals surface area (Å²) in [6.45, 7) is 0.483. The lowest BCUT2D eigenvalue weighted by Crippen LogP contribution is -2.02. The van der Waals surface area contributed by atoms with Gasteiger partial charge in [0.25, 0.3) is 0 Å². The highest BCUT2D eigenvalue weighted by Gasteiger charge is 2.08. The van der Waals surface area contributed by atoms with Gasteiger partial charge >= 0.3 is 0 Å². The molecule has 1 aromatic carbocycles. The number of aliphatic hydroxyl groups excluding tert-OH is 1. The van der Waals surface area contributed by atoms with Crippen molar-refractivity contribution in [2.24, 2.45) is 0 Å². The van der Waals surface area contributed by atoms with Gasteiger partial charge in [0, 0.05) is 11.8 Å². The van der Waals surface area contributed by atoms with E-state index in [1.807, 2.05) is 0 Å². The molecule has 0 aliphatic heterocycles. The average molecular weight is 285 g/mol. The van der Waals surface area contributed by atoms with Crippen molar-refractivity contribution < 1.29 is 9.50 Å². The van der Waals surface area contributed by atoms with Gasteiger partial charge in [0.05, 0.1) is 17.6 Å². The van der Waals surface area contributed by atoms with Gasteiger partial charge in [0.2, 0.25) is 0 Å². The molecule has 0 amide bonds. The fraction of sp³-hybridized carbons (Fsp3) is 0.182. The topological polar surface area (TPSA) is 38.0 Å². The summed E-state index contributed by atoms with van der Waals surface area (Å²) in [6.07, 6.45) is 1.79. The first-order valence-corrected chi connectivity index (χ1v) is 5.60. The Morgan fingerprint density at radius 1 is 1.31 bits per heavy atom. The summed E-state index contributed by atoms with van der Waals surface area (Å²) < 4.78 is 15.2. The molecule has 0 saturated heterocycles. The minimum absolute atomic E-state index is 0.0387. The highest BCUT2D eigenvalue weighted by atomic mass is 79.9. The van der Waals surface area contributed by atoms with Crippen LogP contribution in [-0.4, -0.2) is 21.5 Å². The molecule has 1 aromatic heterocycles. The first-order chi connectivity index (χ1) is 7.70. The summed E-state index contributed by atoms with van der Waals surface area (Å²) in [5.74, 6) is -0.269. The van der Waals surface area contributed by atoms with Crippen molar-refractivity contribution >= 4 is 15.9 Å². The molecule has 1 N–H and O–H groups in total. The smallest absolute Gasteiger partial charge is 0.123 e. The number of benzene rings is 1. The quantitative estimate of drug-likeness (QED) is 0.940. The molecule has 0 atom stereocenters. The molecule has 0 aliphatic rings. The highest BCUT2D eigenvalue weighted by Crippen LogP contribution is 2.26. The van der Waals surface area contributed by atoms with Crippen LogP contribution in [0.2, 0.25) is 0 Å². The van der Waals surface area contributed by atoms with Gasteiger partial charge in [-0.3, -0.25) is 4.68 Å². The molecule has 0 saturated carbocycles. The van der Waals surface area contributed by atoms with E-state index in [1.54, 1.807) is 23.0 Å². The number of aromatic nitrogens is 2. The average Bonchev–Trinajstić information content (AvgIpc) is 2.61. The molecule has 16 heavy (non-hydrogen) atoms. The summed E-state index contributed by atoms with van der Waals surface area (Å²) in [5.41, 5.74) is 1.58. The standard InChI is InChI=1S/C11H10BrFN2O/c12-10-7-15(5-6-16)14-11(10)8-1-3-9(13)4-2-8/h1-4,7,16H,5-6H2. The van der Waals surface area contributed by atoms with E-state index < -0.39 is 0 Å². The van der Waals surface area contributed by atoms with E-state index in [1.165, 1.54) is 12.1 Å². The van der Waals surface area contributed by atoms with E-state index >= 15 is 0 Å². The van der Waals surface area contributed by atoms with Crippen LogP contribution in [0, 0.1) is 5.82 Å². The van der Waals surface area contributed by atoms with Crippen LogP contribution >= 0.6 is 15.9 Å². The van der Waals surface area contributed by atoms with Gasteiger partial charge in [0.15, 0.2) is 0 Å². The van der Waals surface area contributed by atoms with Gasteiger partial charge in [-0.1, -0.05) is 0 Å². The Labute approximate surface area is 101 Å². The second-order valence-electron chi connectivity index (χ2n) is 3.32. The zero-order valence-electron chi connectivity index (χ0n) is 8.40. The van der Waals surface area contributed by atoms with Gasteiger partial charge in [-0.2, -0.15) is 5.10 Å². The molecular formula is C11H10BrFN2O. The van der Waals surface area contributed by atoms with Gasteiger partial charge in [-0.15, -0.1) is 0 Å². The third-order valence-corrected chi connectivity index (χ3v) is 2.74. The number of nitrogens with zero attached hydrogens (tertiary/aromatic N) is 2. The van der Waals surface area contributed by atoms with E-state index in [2.05, 4.69) is 21.0 Å². The van der Waals surface area contributed by atoms with Crippen LogP contribution < -0.4 is 0 Å². The van der Waals surface area contributed by atoms with Crippen LogP contribution in [0.5, 0.6) is 0 Å². The Morgan fingerprint density at radius 3 is 2.62 bits per heavy atom. The Balaban J connectivity index is 2.36. The second-order valence-corrected chi connectivity index (χ2v) is 4.17. The Kier molecular flexibility index (Phi) is 3.36. The molecule has 0 radical (unpaired) electrons. The van der Waals surface area contributed by atoms with Gasteiger partial charge in [-0.25, -0.2) is 4.39 Å². The number of aliphatic hydroxyl groups is 1. The number of hydrogen-bond donors (Lipinski definition) is 1. The fourth-order valence-corrected chi connectivity index (χ4v) is 1.96. The van der Waals surface area contributed by atoms with E-state index in [4.69, 9.17) is 5.11 Å². The molecule has 5 heteroatoms. The second kappa shape index (κ2) is 4.76. The van der Waals surface area contributed by atoms with Crippen molar-refractivity contribution in [3.8, 4) is 11.3 Å². The zero-order chi connectivity index (χ0) is 11.5. The molecule has 3 nitrogen and oxygen atoms in total. The normalized spacial score (nSPS) is 10.7. The van der Waals surface area contributed by atoms with Crippen LogP contribution in [0.15, 0.2) is 34.9 Å². The van der Waals surface area contributed by atoms with Crippen molar-refractivity contribution in [1.82, 2.24) is 9.78 Å². The number of halogens is 2. The van der Waals surface area contributed by atoms with Crippen LogP contribution in [0.3, 0.4) is 0 Å². The minimum Gasteiger partial charge on any atom is -0.394 e. The lowest BCUT2D eigenvalue weighted by atomic mass is 10.1. The first kappa shape index (κ1) is 11.3. The highest BCUT2D eigenvalue weighted by molar-refractivity contribution is 9.10. The largest absolute Gasteiger partial charge is 0.394 e. The van der Waals surface area contributed by atoms with Crippen LogP contribution in [0.25, 0.3) is 11.3 Å². The first-order valence-electron chi connectivity index (χ1n) is 4.80. The van der Waals surface area contributed by atoms with E-state index in [0.717, 1.165) is 15.7 Å². The molecule has 0 fully saturated rings. The van der Waals surface area contributed by atoms with Crippen LogP contribution in [0.1, 0.15) is 0 Å². The SMILES string of the molecule is OCCn1cc(Br)c(-c2ccc(F)cc2)n1. The summed E-state index contributed by atoms with van der Waals surface area (Å²) in [7, 11) is 0. The minimum atomic E-state index is -0.269. The third kappa shape index (κ3) is 2.31. The molecule has 2 rings (SSSR count). The summed E-state index contributed by atoms with van der Waals surface area (Å²) in [5, 5.41) is 13.1. The molecule has 0 spiro atoms. The lowest BCUT2D eigenvalue weighted by molar-refractivity contribution is 0.269. The van der Waals surface area contributed by atoms with Crippen LogP contribution in [0.4, 0.5) is 4.39 Å². The van der Waals surface area contributed by atoms with Crippen molar-refractivity contribution in [2.45, 2.75) is 6.54 Å². The fourth-order valence-electron chi connectivity index (χ4n) is 1.42. The number of hydrogen-bond acceptors (Lipinski definition) is 2. The maximum Gasteiger partial charge on any atom is 0.123 e. The summed E-state index contributed by atoms with van der Waals surface area (Å²) in [4.78, 5) is 0. The Bertz CT molecular complexity index is 481. The maximum absolute atomic E-state index is 12.8. The molecule has 84 valence electrons. The molecular weight excluding hydrogens is 275 g/mol. The van der Waals surface area contributed by atoms with Crippen molar-refractivity contribution in [1.29, 1.82) is 0 Å². The number of rotatable bonds is 3. The summed E-state index contributed by atoms with van der Waals surface area (Å²) in [6, 6.07) is 6.14. The predicted octanol–water partition coefficient (Wildman–Crippen LogP) is 2.44. The van der Waals surface area contributed by atoms with Crippen LogP contribution in [-0.2, 0) is 6.54 Å². The maximum atomic E-state index is 12.8. The molecule has 0 unspecified atom stereocenters. The zero-order valence-corrected chi connectivity index (χ0v) is 9.98. The summed E-state index contributed by atoms with van der Waals surface area (Å²) >= 11 is 3.38. The lowest BCUT2D eigenvalue weighted by Gasteiger charge is -1.98. The van der Waals surface area contributed by atoms with Gasteiger partial charge in [-0.05, 0) is 40.2 Å². The monoisotopic (exact) mass is 284 g/mol. The van der Waals surface area contributed by atoms with E-state index in [-0.39, 0.29) is 12.4 Å². The molecule has 0 bridgehead atoms. The predicted molar refractivity (Wildman–Crippen MR) is 62.4 cm³/mol. The van der Waals surface area contributed by atoms with Gasteiger partial charge in [0.1, 0.15) is 11.5 Å².